The Labute approximate surface area is 113 Å². The van der Waals surface area contributed by atoms with Crippen molar-refractivity contribution < 1.29 is 4.84 Å². The van der Waals surface area contributed by atoms with Gasteiger partial charge >= 0.3 is 0 Å². The summed E-state index contributed by atoms with van der Waals surface area (Å²) in [5, 5.41) is 4.09. The quantitative estimate of drug-likeness (QED) is 0.422. The smallest absolute Gasteiger partial charge is 0.139 e. The average Bonchev–Trinajstić information content (AvgIpc) is 2.21. The lowest BCUT2D eigenvalue weighted by molar-refractivity contribution is 0.0341. The zero-order valence-electron chi connectivity index (χ0n) is 13.3. The highest BCUT2D eigenvalue weighted by Crippen LogP contribution is 2.21. The Hall–Kier alpha value is -0.730. The molecule has 0 saturated carbocycles. The standard InChI is InChI=1S/C15H32N2O/c1-8-13(9-12(4)11(2)3)18-17-14(16)10-15(5,6)7/h11-13H,8-10H2,1-7H3,(H2,16,17). The number of rotatable bonds is 7. The largest absolute Gasteiger partial charge is 0.391 e. The Kier molecular flexibility index (Phi) is 7.34. The van der Waals surface area contributed by atoms with Crippen molar-refractivity contribution in [2.75, 3.05) is 0 Å². The predicted molar refractivity (Wildman–Crippen MR) is 79.5 cm³/mol. The number of oxime groups is 1. The summed E-state index contributed by atoms with van der Waals surface area (Å²) < 4.78 is 0. The van der Waals surface area contributed by atoms with Gasteiger partial charge in [0.25, 0.3) is 0 Å². The van der Waals surface area contributed by atoms with E-state index in [0.29, 0.717) is 17.7 Å². The van der Waals surface area contributed by atoms with E-state index in [4.69, 9.17) is 10.6 Å². The van der Waals surface area contributed by atoms with Crippen molar-refractivity contribution in [3.05, 3.63) is 0 Å². The third-order valence-corrected chi connectivity index (χ3v) is 3.26. The van der Waals surface area contributed by atoms with Crippen LogP contribution in [0, 0.1) is 17.3 Å². The predicted octanol–water partition coefficient (Wildman–Crippen LogP) is 4.17. The molecule has 108 valence electrons. The average molecular weight is 256 g/mol. The Morgan fingerprint density at radius 3 is 2.17 bits per heavy atom. The van der Waals surface area contributed by atoms with Crippen LogP contribution < -0.4 is 5.73 Å². The minimum Gasteiger partial charge on any atom is -0.391 e. The molecule has 0 amide bonds. The van der Waals surface area contributed by atoms with Gasteiger partial charge in [-0.3, -0.25) is 0 Å². The fourth-order valence-corrected chi connectivity index (χ4v) is 1.69. The topological polar surface area (TPSA) is 47.6 Å². The first kappa shape index (κ1) is 17.3. The first-order valence-electron chi connectivity index (χ1n) is 7.13. The Morgan fingerprint density at radius 2 is 1.78 bits per heavy atom. The fraction of sp³-hybridized carbons (Fsp3) is 0.933. The first-order valence-corrected chi connectivity index (χ1v) is 7.13. The van der Waals surface area contributed by atoms with Crippen LogP contribution >= 0.6 is 0 Å². The highest BCUT2D eigenvalue weighted by Gasteiger charge is 2.17. The van der Waals surface area contributed by atoms with Gasteiger partial charge in [-0.05, 0) is 30.1 Å². The monoisotopic (exact) mass is 256 g/mol. The van der Waals surface area contributed by atoms with E-state index in [0.717, 1.165) is 19.3 Å². The molecular weight excluding hydrogens is 224 g/mol. The van der Waals surface area contributed by atoms with E-state index in [-0.39, 0.29) is 11.5 Å². The molecule has 2 atom stereocenters. The third kappa shape index (κ3) is 8.37. The van der Waals surface area contributed by atoms with Gasteiger partial charge in [0.15, 0.2) is 0 Å². The maximum Gasteiger partial charge on any atom is 0.139 e. The third-order valence-electron chi connectivity index (χ3n) is 3.26. The van der Waals surface area contributed by atoms with E-state index >= 15 is 0 Å². The van der Waals surface area contributed by atoms with E-state index in [1.807, 2.05) is 0 Å². The molecule has 0 aliphatic heterocycles. The molecule has 0 rings (SSSR count). The van der Waals surface area contributed by atoms with Crippen LogP contribution in [0.3, 0.4) is 0 Å². The van der Waals surface area contributed by atoms with E-state index in [1.165, 1.54) is 0 Å². The van der Waals surface area contributed by atoms with E-state index in [2.05, 4.69) is 53.6 Å². The van der Waals surface area contributed by atoms with Gasteiger partial charge in [-0.2, -0.15) is 0 Å². The molecular formula is C15H32N2O. The number of amidine groups is 1. The van der Waals surface area contributed by atoms with Crippen LogP contribution in [-0.2, 0) is 4.84 Å². The van der Waals surface area contributed by atoms with Gasteiger partial charge in [-0.25, -0.2) is 0 Å². The minimum absolute atomic E-state index is 0.157. The van der Waals surface area contributed by atoms with Crippen molar-refractivity contribution in [3.63, 3.8) is 0 Å². The van der Waals surface area contributed by atoms with E-state index in [9.17, 15) is 0 Å². The van der Waals surface area contributed by atoms with Crippen LogP contribution in [-0.4, -0.2) is 11.9 Å². The maximum atomic E-state index is 5.88. The molecule has 3 heteroatoms. The molecule has 0 aromatic carbocycles. The Balaban J connectivity index is 4.25. The summed E-state index contributed by atoms with van der Waals surface area (Å²) in [6.45, 7) is 15.3. The van der Waals surface area contributed by atoms with Crippen molar-refractivity contribution in [1.29, 1.82) is 0 Å². The molecule has 18 heavy (non-hydrogen) atoms. The van der Waals surface area contributed by atoms with Crippen LogP contribution in [0.2, 0.25) is 0 Å². The Bertz CT molecular complexity index is 254. The molecule has 0 fully saturated rings. The van der Waals surface area contributed by atoms with Gasteiger partial charge in [0.2, 0.25) is 0 Å². The summed E-state index contributed by atoms with van der Waals surface area (Å²) >= 11 is 0. The second kappa shape index (κ2) is 7.65. The maximum absolute atomic E-state index is 5.88. The number of hydrogen-bond donors (Lipinski definition) is 1. The molecule has 0 saturated heterocycles. The van der Waals surface area contributed by atoms with Crippen LogP contribution in [0.4, 0.5) is 0 Å². The highest BCUT2D eigenvalue weighted by atomic mass is 16.6. The summed E-state index contributed by atoms with van der Waals surface area (Å²) in [4.78, 5) is 5.58. The van der Waals surface area contributed by atoms with Gasteiger partial charge in [-0.15, -0.1) is 0 Å². The summed E-state index contributed by atoms with van der Waals surface area (Å²) in [6.07, 6.45) is 2.97. The van der Waals surface area contributed by atoms with Gasteiger partial charge in [0.05, 0.1) is 0 Å². The van der Waals surface area contributed by atoms with Crippen LogP contribution in [0.25, 0.3) is 0 Å². The summed E-state index contributed by atoms with van der Waals surface area (Å²) in [6, 6.07) is 0. The molecule has 0 heterocycles. The summed E-state index contributed by atoms with van der Waals surface area (Å²) in [5.41, 5.74) is 6.04. The summed E-state index contributed by atoms with van der Waals surface area (Å²) in [7, 11) is 0. The van der Waals surface area contributed by atoms with E-state index in [1.54, 1.807) is 0 Å². The lowest BCUT2D eigenvalue weighted by atomic mass is 9.91. The van der Waals surface area contributed by atoms with Crippen LogP contribution in [0.15, 0.2) is 5.16 Å². The second-order valence-corrected chi connectivity index (χ2v) is 6.91. The lowest BCUT2D eigenvalue weighted by Gasteiger charge is -2.21. The van der Waals surface area contributed by atoms with Gasteiger partial charge in [0.1, 0.15) is 11.9 Å². The van der Waals surface area contributed by atoms with E-state index < -0.39 is 0 Å². The van der Waals surface area contributed by atoms with Crippen molar-refractivity contribution in [2.24, 2.45) is 28.1 Å². The molecule has 2 N–H and O–H groups in total. The molecule has 2 unspecified atom stereocenters. The molecule has 0 aromatic rings. The summed E-state index contributed by atoms with van der Waals surface area (Å²) in [5.74, 6) is 1.92. The number of hydrogen-bond acceptors (Lipinski definition) is 2. The fourth-order valence-electron chi connectivity index (χ4n) is 1.69. The molecule has 3 nitrogen and oxygen atoms in total. The molecule has 0 radical (unpaired) electrons. The Morgan fingerprint density at radius 1 is 1.22 bits per heavy atom. The van der Waals surface area contributed by atoms with Gasteiger partial charge in [0, 0.05) is 6.42 Å². The molecule has 0 bridgehead atoms. The van der Waals surface area contributed by atoms with Gasteiger partial charge in [-0.1, -0.05) is 53.6 Å². The van der Waals surface area contributed by atoms with Crippen LogP contribution in [0.1, 0.15) is 67.7 Å². The number of nitrogens with zero attached hydrogens (tertiary/aromatic N) is 1. The SMILES string of the molecule is CCC(CC(C)C(C)C)O/N=C(\N)CC(C)(C)C. The van der Waals surface area contributed by atoms with Crippen LogP contribution in [0.5, 0.6) is 0 Å². The first-order chi connectivity index (χ1) is 8.15. The number of nitrogens with two attached hydrogens (primary N) is 1. The molecule has 0 aliphatic carbocycles. The van der Waals surface area contributed by atoms with Crippen molar-refractivity contribution >= 4 is 5.84 Å². The minimum atomic E-state index is 0.157. The van der Waals surface area contributed by atoms with Gasteiger partial charge < -0.3 is 10.6 Å². The van der Waals surface area contributed by atoms with Crippen molar-refractivity contribution in [1.82, 2.24) is 0 Å². The highest BCUT2D eigenvalue weighted by molar-refractivity contribution is 5.80. The zero-order chi connectivity index (χ0) is 14.3. The lowest BCUT2D eigenvalue weighted by Crippen LogP contribution is -2.23. The second-order valence-electron chi connectivity index (χ2n) is 6.91. The zero-order valence-corrected chi connectivity index (χ0v) is 13.3. The normalized spacial score (nSPS) is 16.8. The molecule has 0 aromatic heterocycles. The molecule has 0 aliphatic rings. The van der Waals surface area contributed by atoms with Crippen molar-refractivity contribution in [2.45, 2.75) is 73.8 Å². The molecule has 0 spiro atoms. The van der Waals surface area contributed by atoms with Crippen molar-refractivity contribution in [3.8, 4) is 0 Å².